The molecule has 2 atom stereocenters. The van der Waals surface area contributed by atoms with Crippen LogP contribution in [0.15, 0.2) is 0 Å². The van der Waals surface area contributed by atoms with E-state index in [0.29, 0.717) is 12.3 Å². The Morgan fingerprint density at radius 1 is 1.64 bits per heavy atom. The average molecular weight is 219 g/mol. The fourth-order valence-electron chi connectivity index (χ4n) is 1.54. The van der Waals surface area contributed by atoms with Crippen molar-refractivity contribution in [3.63, 3.8) is 0 Å². The minimum atomic E-state index is -1.32. The van der Waals surface area contributed by atoms with E-state index in [0.717, 1.165) is 13.0 Å². The van der Waals surface area contributed by atoms with Crippen molar-refractivity contribution < 1.29 is 9.00 Å². The zero-order chi connectivity index (χ0) is 10.7. The summed E-state index contributed by atoms with van der Waals surface area (Å²) in [6, 6.07) is 0.233. The first-order valence-corrected chi connectivity index (χ1v) is 6.05. The molecule has 1 aliphatic heterocycles. The quantitative estimate of drug-likeness (QED) is 0.711. The van der Waals surface area contributed by atoms with Gasteiger partial charge in [-0.1, -0.05) is 0 Å². The maximum Gasteiger partial charge on any atom is 0.320 e. The second kappa shape index (κ2) is 4.75. The molecule has 1 saturated heterocycles. The molecule has 2 N–H and O–H groups in total. The second-order valence-electron chi connectivity index (χ2n) is 3.62. The number of carbonyl (C=O) groups excluding carboxylic acids is 1. The molecular formula is C8H17N3O2S. The van der Waals surface area contributed by atoms with Crippen LogP contribution in [0, 0.1) is 0 Å². The van der Waals surface area contributed by atoms with Gasteiger partial charge in [-0.15, -0.1) is 0 Å². The Labute approximate surface area is 86.8 Å². The van der Waals surface area contributed by atoms with Crippen LogP contribution in [0.3, 0.4) is 0 Å². The Bertz CT molecular complexity index is 247. The molecule has 1 fully saturated rings. The third-order valence-electron chi connectivity index (χ3n) is 2.52. The Kier molecular flexibility index (Phi) is 3.88. The molecule has 0 bridgehead atoms. The van der Waals surface area contributed by atoms with Crippen molar-refractivity contribution in [3.05, 3.63) is 0 Å². The molecule has 5 nitrogen and oxygen atoms in total. The molecule has 0 aromatic rings. The summed E-state index contributed by atoms with van der Waals surface area (Å²) >= 11 is 0. The molecule has 0 radical (unpaired) electrons. The summed E-state index contributed by atoms with van der Waals surface area (Å²) in [5, 5.41) is 5.16. The lowest BCUT2D eigenvalue weighted by molar-refractivity contribution is 0.118. The molecule has 1 unspecified atom stereocenters. The first-order valence-electron chi connectivity index (χ1n) is 4.67. The van der Waals surface area contributed by atoms with Crippen LogP contribution in [-0.2, 0) is 11.0 Å². The van der Waals surface area contributed by atoms with Gasteiger partial charge in [0, 0.05) is 26.2 Å². The highest BCUT2D eigenvalue weighted by molar-refractivity contribution is 7.82. The average Bonchev–Trinajstić information content (AvgIpc) is 2.11. The summed E-state index contributed by atoms with van der Waals surface area (Å²) in [5.74, 6) is 0.351. The molecule has 2 amide bonds. The molecule has 82 valence electrons. The van der Waals surface area contributed by atoms with E-state index in [4.69, 9.17) is 5.14 Å². The van der Waals surface area contributed by atoms with E-state index < -0.39 is 11.0 Å². The monoisotopic (exact) mass is 219 g/mol. The first-order chi connectivity index (χ1) is 6.52. The van der Waals surface area contributed by atoms with Gasteiger partial charge in [0.1, 0.15) is 0 Å². The van der Waals surface area contributed by atoms with Crippen molar-refractivity contribution >= 4 is 17.0 Å². The standard InChI is InChI=1S/C8H17N3O2S/c1-7-3-4-10(2)8(12)11(7)5-6-14(9)13/h7H,3-6,9H2,1-2H3/t7-,14?/m0/s1. The second-order valence-corrected chi connectivity index (χ2v) is 4.79. The van der Waals surface area contributed by atoms with Gasteiger partial charge in [-0.3, -0.25) is 5.14 Å². The number of hydrogen-bond acceptors (Lipinski definition) is 2. The predicted octanol–water partition coefficient (Wildman–Crippen LogP) is -0.245. The molecule has 1 aliphatic rings. The molecule has 1 heterocycles. The van der Waals surface area contributed by atoms with Gasteiger partial charge in [0.05, 0.1) is 16.7 Å². The van der Waals surface area contributed by atoms with Gasteiger partial charge in [-0.25, -0.2) is 9.00 Å². The zero-order valence-corrected chi connectivity index (χ0v) is 9.42. The Morgan fingerprint density at radius 2 is 2.29 bits per heavy atom. The number of amides is 2. The number of nitrogens with zero attached hydrogens (tertiary/aromatic N) is 2. The number of urea groups is 1. The van der Waals surface area contributed by atoms with Crippen molar-refractivity contribution in [2.24, 2.45) is 5.14 Å². The third kappa shape index (κ3) is 2.68. The van der Waals surface area contributed by atoms with E-state index in [-0.39, 0.29) is 12.1 Å². The van der Waals surface area contributed by atoms with E-state index >= 15 is 0 Å². The van der Waals surface area contributed by atoms with Gasteiger partial charge in [0.25, 0.3) is 0 Å². The summed E-state index contributed by atoms with van der Waals surface area (Å²) in [6.07, 6.45) is 0.958. The Morgan fingerprint density at radius 3 is 2.86 bits per heavy atom. The van der Waals surface area contributed by atoms with Gasteiger partial charge in [-0.2, -0.15) is 0 Å². The van der Waals surface area contributed by atoms with Crippen LogP contribution < -0.4 is 5.14 Å². The van der Waals surface area contributed by atoms with E-state index in [9.17, 15) is 9.00 Å². The minimum absolute atomic E-state index is 0.00852. The van der Waals surface area contributed by atoms with Crippen molar-refractivity contribution in [2.75, 3.05) is 25.9 Å². The molecule has 0 aliphatic carbocycles. The molecule has 0 aromatic carbocycles. The van der Waals surface area contributed by atoms with Gasteiger partial charge >= 0.3 is 6.03 Å². The van der Waals surface area contributed by atoms with Crippen molar-refractivity contribution in [2.45, 2.75) is 19.4 Å². The summed E-state index contributed by atoms with van der Waals surface area (Å²) in [6.45, 7) is 3.28. The summed E-state index contributed by atoms with van der Waals surface area (Å²) in [4.78, 5) is 15.1. The molecular weight excluding hydrogens is 202 g/mol. The van der Waals surface area contributed by atoms with Gasteiger partial charge in [0.2, 0.25) is 0 Å². The Balaban J connectivity index is 2.54. The first kappa shape index (κ1) is 11.5. The molecule has 0 saturated carbocycles. The minimum Gasteiger partial charge on any atom is -0.328 e. The van der Waals surface area contributed by atoms with Crippen LogP contribution in [0.2, 0.25) is 0 Å². The van der Waals surface area contributed by atoms with Crippen molar-refractivity contribution in [3.8, 4) is 0 Å². The van der Waals surface area contributed by atoms with Crippen LogP contribution in [-0.4, -0.2) is 52.0 Å². The molecule has 1 rings (SSSR count). The number of rotatable bonds is 3. The largest absolute Gasteiger partial charge is 0.328 e. The highest BCUT2D eigenvalue weighted by atomic mass is 32.2. The lowest BCUT2D eigenvalue weighted by atomic mass is 10.1. The van der Waals surface area contributed by atoms with Crippen LogP contribution in [0.4, 0.5) is 4.79 Å². The number of carbonyl (C=O) groups is 1. The van der Waals surface area contributed by atoms with Crippen LogP contribution in [0.5, 0.6) is 0 Å². The number of hydrogen-bond donors (Lipinski definition) is 1. The van der Waals surface area contributed by atoms with E-state index in [1.807, 2.05) is 6.92 Å². The van der Waals surface area contributed by atoms with Crippen LogP contribution in [0.25, 0.3) is 0 Å². The number of nitrogens with two attached hydrogens (primary N) is 1. The summed E-state index contributed by atoms with van der Waals surface area (Å²) in [7, 11) is 0.458. The van der Waals surface area contributed by atoms with Crippen molar-refractivity contribution in [1.29, 1.82) is 0 Å². The maximum atomic E-state index is 11.7. The highest BCUT2D eigenvalue weighted by Gasteiger charge is 2.27. The topological polar surface area (TPSA) is 66.6 Å². The SMILES string of the molecule is C[C@H]1CCN(C)C(=O)N1CCS(N)=O. The fraction of sp³-hybridized carbons (Fsp3) is 0.875. The van der Waals surface area contributed by atoms with E-state index in [1.165, 1.54) is 0 Å². The van der Waals surface area contributed by atoms with Gasteiger partial charge < -0.3 is 9.80 Å². The van der Waals surface area contributed by atoms with E-state index in [2.05, 4.69) is 0 Å². The molecule has 14 heavy (non-hydrogen) atoms. The fourth-order valence-corrected chi connectivity index (χ4v) is 1.92. The predicted molar refractivity (Wildman–Crippen MR) is 56.0 cm³/mol. The molecule has 0 spiro atoms. The molecule has 0 aromatic heterocycles. The molecule has 6 heteroatoms. The van der Waals surface area contributed by atoms with Crippen molar-refractivity contribution in [1.82, 2.24) is 9.80 Å². The van der Waals surface area contributed by atoms with Crippen LogP contribution >= 0.6 is 0 Å². The summed E-state index contributed by atoms with van der Waals surface area (Å²) in [5.41, 5.74) is 0. The Hall–Kier alpha value is -0.620. The van der Waals surface area contributed by atoms with E-state index in [1.54, 1.807) is 16.8 Å². The lowest BCUT2D eigenvalue weighted by Gasteiger charge is -2.38. The summed E-state index contributed by atoms with van der Waals surface area (Å²) < 4.78 is 10.7. The third-order valence-corrected chi connectivity index (χ3v) is 3.10. The normalized spacial score (nSPS) is 25.4. The maximum absolute atomic E-state index is 11.7. The van der Waals surface area contributed by atoms with Crippen LogP contribution in [0.1, 0.15) is 13.3 Å². The zero-order valence-electron chi connectivity index (χ0n) is 8.60. The van der Waals surface area contributed by atoms with Gasteiger partial charge in [0.15, 0.2) is 0 Å². The van der Waals surface area contributed by atoms with Gasteiger partial charge in [-0.05, 0) is 13.3 Å². The highest BCUT2D eigenvalue weighted by Crippen LogP contribution is 2.13. The lowest BCUT2D eigenvalue weighted by Crippen LogP contribution is -2.53. The smallest absolute Gasteiger partial charge is 0.320 e.